The smallest absolute Gasteiger partial charge is 0.253 e. The number of anilines is 1. The highest BCUT2D eigenvalue weighted by Gasteiger charge is 2.12. The van der Waals surface area contributed by atoms with Crippen LogP contribution in [0.3, 0.4) is 0 Å². The van der Waals surface area contributed by atoms with Gasteiger partial charge in [-0.3, -0.25) is 4.79 Å². The third-order valence-corrected chi connectivity index (χ3v) is 3.79. The molecule has 0 saturated carbocycles. The summed E-state index contributed by atoms with van der Waals surface area (Å²) in [6.07, 6.45) is 2.07. The van der Waals surface area contributed by atoms with E-state index in [9.17, 15) is 4.79 Å². The molecule has 1 unspecified atom stereocenters. The van der Waals surface area contributed by atoms with Gasteiger partial charge in [0.25, 0.3) is 5.91 Å². The lowest BCUT2D eigenvalue weighted by molar-refractivity contribution is 0.0950. The maximum Gasteiger partial charge on any atom is 0.253 e. The summed E-state index contributed by atoms with van der Waals surface area (Å²) in [5, 5.41) is 6.71. The summed E-state index contributed by atoms with van der Waals surface area (Å²) < 4.78 is 0. The molecule has 0 spiro atoms. The van der Waals surface area contributed by atoms with Crippen LogP contribution >= 0.6 is 23.4 Å². The van der Waals surface area contributed by atoms with Gasteiger partial charge in [-0.2, -0.15) is 11.8 Å². The van der Waals surface area contributed by atoms with E-state index >= 15 is 0 Å². The Morgan fingerprint density at radius 2 is 2.21 bits per heavy atom. The average molecular weight is 301 g/mol. The minimum Gasteiger partial charge on any atom is -0.385 e. The molecule has 0 aliphatic rings. The van der Waals surface area contributed by atoms with E-state index in [0.29, 0.717) is 23.0 Å². The Morgan fingerprint density at radius 1 is 1.47 bits per heavy atom. The molecule has 19 heavy (non-hydrogen) atoms. The van der Waals surface area contributed by atoms with Crippen molar-refractivity contribution in [1.29, 1.82) is 0 Å². The van der Waals surface area contributed by atoms with Crippen molar-refractivity contribution in [1.82, 2.24) is 5.32 Å². The fraction of sp³-hybridized carbons (Fsp3) is 0.500. The van der Waals surface area contributed by atoms with Gasteiger partial charge in [-0.25, -0.2) is 0 Å². The minimum absolute atomic E-state index is 0.0774. The topological polar surface area (TPSA) is 41.1 Å². The van der Waals surface area contributed by atoms with Crippen molar-refractivity contribution in [2.45, 2.75) is 13.8 Å². The Bertz CT molecular complexity index is 426. The quantitative estimate of drug-likeness (QED) is 0.810. The Hall–Kier alpha value is -0.870. The Morgan fingerprint density at radius 3 is 2.84 bits per heavy atom. The molecule has 1 rings (SSSR count). The molecule has 1 atom stereocenters. The number of carbonyl (C=O) groups is 1. The largest absolute Gasteiger partial charge is 0.385 e. The second kappa shape index (κ2) is 8.33. The molecule has 0 aliphatic carbocycles. The third kappa shape index (κ3) is 5.33. The highest BCUT2D eigenvalue weighted by Crippen LogP contribution is 2.20. The zero-order chi connectivity index (χ0) is 14.3. The molecule has 0 aliphatic heterocycles. The van der Waals surface area contributed by atoms with Gasteiger partial charge in [0.1, 0.15) is 0 Å². The van der Waals surface area contributed by atoms with Gasteiger partial charge in [0.15, 0.2) is 0 Å². The first-order valence-electron chi connectivity index (χ1n) is 6.39. The number of carbonyl (C=O) groups excluding carboxylic acids is 1. The molecule has 1 amide bonds. The fourth-order valence-electron chi connectivity index (χ4n) is 1.75. The Kier molecular flexibility index (Phi) is 7.10. The van der Waals surface area contributed by atoms with Gasteiger partial charge in [-0.15, -0.1) is 0 Å². The normalized spacial score (nSPS) is 12.0. The number of rotatable bonds is 7. The van der Waals surface area contributed by atoms with E-state index in [1.807, 2.05) is 13.0 Å². The predicted octanol–water partition coefficient (Wildman–Crippen LogP) is 3.50. The molecule has 0 aromatic heterocycles. The zero-order valence-electron chi connectivity index (χ0n) is 11.6. The highest BCUT2D eigenvalue weighted by molar-refractivity contribution is 7.98. The third-order valence-electron chi connectivity index (χ3n) is 2.66. The van der Waals surface area contributed by atoms with Crippen molar-refractivity contribution in [2.75, 3.05) is 30.4 Å². The van der Waals surface area contributed by atoms with E-state index in [4.69, 9.17) is 11.6 Å². The summed E-state index contributed by atoms with van der Waals surface area (Å²) >= 11 is 7.75. The molecule has 3 nitrogen and oxygen atoms in total. The molecule has 0 saturated heterocycles. The van der Waals surface area contributed by atoms with E-state index in [1.165, 1.54) is 0 Å². The second-order valence-electron chi connectivity index (χ2n) is 4.49. The van der Waals surface area contributed by atoms with Crippen molar-refractivity contribution < 1.29 is 4.79 Å². The van der Waals surface area contributed by atoms with E-state index in [2.05, 4.69) is 23.8 Å². The van der Waals surface area contributed by atoms with Crippen LogP contribution in [0.4, 0.5) is 5.69 Å². The van der Waals surface area contributed by atoms with Crippen molar-refractivity contribution in [3.05, 3.63) is 28.8 Å². The average Bonchev–Trinajstić information content (AvgIpc) is 2.38. The van der Waals surface area contributed by atoms with Crippen LogP contribution in [0, 0.1) is 5.92 Å². The number of benzene rings is 1. The number of halogens is 1. The van der Waals surface area contributed by atoms with Crippen molar-refractivity contribution in [2.24, 2.45) is 5.92 Å². The zero-order valence-corrected chi connectivity index (χ0v) is 13.2. The van der Waals surface area contributed by atoms with Crippen LogP contribution < -0.4 is 10.6 Å². The maximum atomic E-state index is 12.2. The maximum absolute atomic E-state index is 12.2. The lowest BCUT2D eigenvalue weighted by Gasteiger charge is -2.14. The molecule has 106 valence electrons. The van der Waals surface area contributed by atoms with Gasteiger partial charge in [0.05, 0.1) is 5.56 Å². The van der Waals surface area contributed by atoms with Crippen molar-refractivity contribution in [3.63, 3.8) is 0 Å². The Balaban J connectivity index is 2.72. The summed E-state index contributed by atoms with van der Waals surface area (Å²) in [7, 11) is 0. The number of nitrogens with one attached hydrogen (secondary N) is 2. The molecule has 0 bridgehead atoms. The predicted molar refractivity (Wildman–Crippen MR) is 85.5 cm³/mol. The molecule has 2 N–H and O–H groups in total. The van der Waals surface area contributed by atoms with Gasteiger partial charge >= 0.3 is 0 Å². The van der Waals surface area contributed by atoms with Gasteiger partial charge in [-0.05, 0) is 43.0 Å². The molecule has 0 heterocycles. The summed E-state index contributed by atoms with van der Waals surface area (Å²) in [5.41, 5.74) is 1.42. The van der Waals surface area contributed by atoms with Gasteiger partial charge in [0, 0.05) is 23.8 Å². The number of hydrogen-bond donors (Lipinski definition) is 2. The van der Waals surface area contributed by atoms with Gasteiger partial charge in [0.2, 0.25) is 0 Å². The van der Waals surface area contributed by atoms with E-state index in [-0.39, 0.29) is 5.91 Å². The summed E-state index contributed by atoms with van der Waals surface area (Å²) in [6.45, 7) is 5.57. The molecular formula is C14H21ClN2OS. The van der Waals surface area contributed by atoms with E-state index in [1.54, 1.807) is 23.9 Å². The molecule has 1 aromatic rings. The highest BCUT2D eigenvalue weighted by atomic mass is 35.5. The van der Waals surface area contributed by atoms with Crippen LogP contribution in [0.25, 0.3) is 0 Å². The first-order valence-corrected chi connectivity index (χ1v) is 8.16. The van der Waals surface area contributed by atoms with Crippen LogP contribution in [0.15, 0.2) is 18.2 Å². The van der Waals surface area contributed by atoms with Crippen LogP contribution in [0.1, 0.15) is 24.2 Å². The number of amides is 1. The molecular weight excluding hydrogens is 280 g/mol. The fourth-order valence-corrected chi connectivity index (χ4v) is 2.61. The molecule has 0 fully saturated rings. The van der Waals surface area contributed by atoms with Crippen LogP contribution in [-0.2, 0) is 0 Å². The first kappa shape index (κ1) is 16.2. The molecule has 5 heteroatoms. The van der Waals surface area contributed by atoms with E-state index in [0.717, 1.165) is 18.0 Å². The lowest BCUT2D eigenvalue weighted by atomic mass is 10.1. The Labute approximate surface area is 124 Å². The molecule has 0 radical (unpaired) electrons. The lowest BCUT2D eigenvalue weighted by Crippen LogP contribution is -2.29. The summed E-state index contributed by atoms with van der Waals surface area (Å²) in [5.74, 6) is 1.42. The second-order valence-corrected chi connectivity index (χ2v) is 5.84. The minimum atomic E-state index is -0.0774. The standard InChI is InChI=1S/C14H21ClN2OS/c1-4-16-13-6-5-11(15)7-12(13)14(18)17-8-10(2)9-19-3/h5-7,10,16H,4,8-9H2,1-3H3,(H,17,18). The van der Waals surface area contributed by atoms with Crippen LogP contribution in [-0.4, -0.2) is 31.0 Å². The SMILES string of the molecule is CCNc1ccc(Cl)cc1C(=O)NCC(C)CSC. The number of thioether (sulfide) groups is 1. The van der Waals surface area contributed by atoms with Crippen molar-refractivity contribution >= 4 is 35.0 Å². The monoisotopic (exact) mass is 300 g/mol. The van der Waals surface area contributed by atoms with Gasteiger partial charge in [-0.1, -0.05) is 18.5 Å². The van der Waals surface area contributed by atoms with Crippen LogP contribution in [0.2, 0.25) is 5.02 Å². The van der Waals surface area contributed by atoms with Gasteiger partial charge < -0.3 is 10.6 Å². The van der Waals surface area contributed by atoms with Crippen LogP contribution in [0.5, 0.6) is 0 Å². The summed E-state index contributed by atoms with van der Waals surface area (Å²) in [4.78, 5) is 12.2. The molecule has 1 aromatic carbocycles. The summed E-state index contributed by atoms with van der Waals surface area (Å²) in [6, 6.07) is 5.33. The van der Waals surface area contributed by atoms with Crippen molar-refractivity contribution in [3.8, 4) is 0 Å². The van der Waals surface area contributed by atoms with E-state index < -0.39 is 0 Å². The first-order chi connectivity index (χ1) is 9.08. The number of hydrogen-bond acceptors (Lipinski definition) is 3.